The molecule has 0 atom stereocenters. The summed E-state index contributed by atoms with van der Waals surface area (Å²) in [6.45, 7) is 7.59. The summed E-state index contributed by atoms with van der Waals surface area (Å²) in [5.41, 5.74) is 0. The standard InChI is InChI=1S/C14H26N4O2/c1-5-15-12-10-14(18(3)8-7-9-19-4)17-13(16-12)11-20-6-2/h10H,5-9,11H2,1-4H3,(H,15,16,17). The van der Waals surface area contributed by atoms with Gasteiger partial charge < -0.3 is 19.7 Å². The molecule has 0 bridgehead atoms. The quantitative estimate of drug-likeness (QED) is 0.662. The van der Waals surface area contributed by atoms with Crippen molar-refractivity contribution in [3.63, 3.8) is 0 Å². The first-order valence-electron chi connectivity index (χ1n) is 7.10. The first-order chi connectivity index (χ1) is 9.71. The van der Waals surface area contributed by atoms with E-state index in [1.54, 1.807) is 7.11 Å². The van der Waals surface area contributed by atoms with E-state index in [-0.39, 0.29) is 0 Å². The molecule has 0 saturated carbocycles. The second kappa shape index (κ2) is 9.50. The van der Waals surface area contributed by atoms with Crippen LogP contribution in [0.3, 0.4) is 0 Å². The van der Waals surface area contributed by atoms with Crippen LogP contribution >= 0.6 is 0 Å². The summed E-state index contributed by atoms with van der Waals surface area (Å²) in [5, 5.41) is 3.23. The summed E-state index contributed by atoms with van der Waals surface area (Å²) >= 11 is 0. The van der Waals surface area contributed by atoms with E-state index in [2.05, 4.69) is 20.2 Å². The summed E-state index contributed by atoms with van der Waals surface area (Å²) < 4.78 is 10.5. The third kappa shape index (κ3) is 5.71. The Hall–Kier alpha value is -1.40. The average Bonchev–Trinajstić information content (AvgIpc) is 2.45. The van der Waals surface area contributed by atoms with E-state index in [9.17, 15) is 0 Å². The van der Waals surface area contributed by atoms with Crippen LogP contribution in [0.4, 0.5) is 11.6 Å². The summed E-state index contributed by atoms with van der Waals surface area (Å²) in [5.74, 6) is 2.45. The molecule has 6 heteroatoms. The molecule has 0 unspecified atom stereocenters. The van der Waals surface area contributed by atoms with E-state index < -0.39 is 0 Å². The van der Waals surface area contributed by atoms with Gasteiger partial charge in [-0.25, -0.2) is 9.97 Å². The third-order valence-corrected chi connectivity index (χ3v) is 2.79. The number of nitrogens with zero attached hydrogens (tertiary/aromatic N) is 3. The molecule has 0 spiro atoms. The Balaban J connectivity index is 2.78. The zero-order valence-electron chi connectivity index (χ0n) is 13.0. The molecule has 1 N–H and O–H groups in total. The second-order valence-corrected chi connectivity index (χ2v) is 4.46. The van der Waals surface area contributed by atoms with Crippen molar-refractivity contribution in [2.75, 3.05) is 50.7 Å². The van der Waals surface area contributed by atoms with Crippen LogP contribution in [0.5, 0.6) is 0 Å². The van der Waals surface area contributed by atoms with Crippen molar-refractivity contribution in [1.29, 1.82) is 0 Å². The van der Waals surface area contributed by atoms with Gasteiger partial charge in [0.15, 0.2) is 5.82 Å². The van der Waals surface area contributed by atoms with E-state index in [0.717, 1.165) is 37.8 Å². The van der Waals surface area contributed by atoms with Gasteiger partial charge in [-0.3, -0.25) is 0 Å². The molecule has 1 heterocycles. The summed E-state index contributed by atoms with van der Waals surface area (Å²) in [4.78, 5) is 11.1. The number of anilines is 2. The monoisotopic (exact) mass is 282 g/mol. The van der Waals surface area contributed by atoms with Gasteiger partial charge in [0.25, 0.3) is 0 Å². The minimum Gasteiger partial charge on any atom is -0.385 e. The van der Waals surface area contributed by atoms with E-state index in [4.69, 9.17) is 9.47 Å². The topological polar surface area (TPSA) is 59.5 Å². The smallest absolute Gasteiger partial charge is 0.158 e. The minimum atomic E-state index is 0.439. The van der Waals surface area contributed by atoms with Crippen LogP contribution in [0.2, 0.25) is 0 Å². The van der Waals surface area contributed by atoms with E-state index in [1.165, 1.54) is 0 Å². The number of aromatic nitrogens is 2. The van der Waals surface area contributed by atoms with Crippen molar-refractivity contribution >= 4 is 11.6 Å². The molecular formula is C14H26N4O2. The van der Waals surface area contributed by atoms with Crippen molar-refractivity contribution in [3.8, 4) is 0 Å². The first kappa shape index (κ1) is 16.7. The third-order valence-electron chi connectivity index (χ3n) is 2.79. The molecule has 1 aromatic rings. The molecule has 1 aromatic heterocycles. The van der Waals surface area contributed by atoms with Crippen LogP contribution in [-0.2, 0) is 16.1 Å². The summed E-state index contributed by atoms with van der Waals surface area (Å²) in [6, 6.07) is 1.96. The van der Waals surface area contributed by atoms with Crippen LogP contribution < -0.4 is 10.2 Å². The number of methoxy groups -OCH3 is 1. The predicted octanol–water partition coefficient (Wildman–Crippen LogP) is 1.92. The zero-order valence-corrected chi connectivity index (χ0v) is 13.0. The van der Waals surface area contributed by atoms with Crippen LogP contribution in [-0.4, -0.2) is 50.4 Å². The van der Waals surface area contributed by atoms with Crippen molar-refractivity contribution in [1.82, 2.24) is 9.97 Å². The molecule has 0 fully saturated rings. The van der Waals surface area contributed by atoms with Crippen LogP contribution in [0, 0.1) is 0 Å². The number of ether oxygens (including phenoxy) is 2. The zero-order chi connectivity index (χ0) is 14.8. The highest BCUT2D eigenvalue weighted by Crippen LogP contribution is 2.15. The highest BCUT2D eigenvalue weighted by Gasteiger charge is 2.08. The average molecular weight is 282 g/mol. The Morgan fingerprint density at radius 1 is 1.30 bits per heavy atom. The van der Waals surface area contributed by atoms with Crippen LogP contribution in [0.15, 0.2) is 6.07 Å². The molecular weight excluding hydrogens is 256 g/mol. The number of rotatable bonds is 10. The molecule has 114 valence electrons. The lowest BCUT2D eigenvalue weighted by Gasteiger charge is -2.19. The molecule has 20 heavy (non-hydrogen) atoms. The molecule has 1 rings (SSSR count). The van der Waals surface area contributed by atoms with Crippen molar-refractivity contribution < 1.29 is 9.47 Å². The molecule has 0 saturated heterocycles. The summed E-state index contributed by atoms with van der Waals surface area (Å²) in [6.07, 6.45) is 0.967. The van der Waals surface area contributed by atoms with Crippen molar-refractivity contribution in [3.05, 3.63) is 11.9 Å². The van der Waals surface area contributed by atoms with Gasteiger partial charge in [-0.15, -0.1) is 0 Å². The molecule has 0 aliphatic carbocycles. The fourth-order valence-electron chi connectivity index (χ4n) is 1.77. The number of hydrogen-bond acceptors (Lipinski definition) is 6. The molecule has 0 aliphatic rings. The molecule has 0 aliphatic heterocycles. The Bertz CT molecular complexity index is 387. The maximum Gasteiger partial charge on any atom is 0.158 e. The molecule has 0 amide bonds. The van der Waals surface area contributed by atoms with Gasteiger partial charge in [0.1, 0.15) is 18.2 Å². The maximum atomic E-state index is 5.39. The lowest BCUT2D eigenvalue weighted by atomic mass is 10.4. The van der Waals surface area contributed by atoms with E-state index in [1.807, 2.05) is 27.0 Å². The molecule has 0 aromatic carbocycles. The maximum absolute atomic E-state index is 5.39. The van der Waals surface area contributed by atoms with Gasteiger partial charge in [0, 0.05) is 46.5 Å². The number of nitrogens with one attached hydrogen (secondary N) is 1. The highest BCUT2D eigenvalue weighted by molar-refractivity contribution is 5.48. The van der Waals surface area contributed by atoms with Gasteiger partial charge >= 0.3 is 0 Å². The predicted molar refractivity (Wildman–Crippen MR) is 81.3 cm³/mol. The Kier molecular flexibility index (Phi) is 7.91. The number of hydrogen-bond donors (Lipinski definition) is 1. The van der Waals surface area contributed by atoms with Crippen LogP contribution in [0.25, 0.3) is 0 Å². The Labute approximate surface area is 121 Å². The second-order valence-electron chi connectivity index (χ2n) is 4.46. The fraction of sp³-hybridized carbons (Fsp3) is 0.714. The van der Waals surface area contributed by atoms with E-state index in [0.29, 0.717) is 19.0 Å². The molecule has 0 radical (unpaired) electrons. The summed E-state index contributed by atoms with van der Waals surface area (Å²) in [7, 11) is 3.74. The Morgan fingerprint density at radius 3 is 2.75 bits per heavy atom. The van der Waals surface area contributed by atoms with Crippen LogP contribution in [0.1, 0.15) is 26.1 Å². The normalized spacial score (nSPS) is 10.6. The van der Waals surface area contributed by atoms with Crippen molar-refractivity contribution in [2.45, 2.75) is 26.9 Å². The lowest BCUT2D eigenvalue weighted by Crippen LogP contribution is -2.22. The first-order valence-corrected chi connectivity index (χ1v) is 7.10. The van der Waals surface area contributed by atoms with Gasteiger partial charge in [-0.2, -0.15) is 0 Å². The van der Waals surface area contributed by atoms with Gasteiger partial charge in [-0.05, 0) is 20.3 Å². The van der Waals surface area contributed by atoms with Gasteiger partial charge in [-0.1, -0.05) is 0 Å². The van der Waals surface area contributed by atoms with E-state index >= 15 is 0 Å². The SMILES string of the molecule is CCNc1cc(N(C)CCCOC)nc(COCC)n1. The van der Waals surface area contributed by atoms with Gasteiger partial charge in [0.05, 0.1) is 0 Å². The largest absolute Gasteiger partial charge is 0.385 e. The highest BCUT2D eigenvalue weighted by atomic mass is 16.5. The van der Waals surface area contributed by atoms with Crippen molar-refractivity contribution in [2.24, 2.45) is 0 Å². The lowest BCUT2D eigenvalue weighted by molar-refractivity contribution is 0.128. The Morgan fingerprint density at radius 2 is 2.10 bits per heavy atom. The fourth-order valence-corrected chi connectivity index (χ4v) is 1.77. The molecule has 6 nitrogen and oxygen atoms in total. The minimum absolute atomic E-state index is 0.439. The van der Waals surface area contributed by atoms with Gasteiger partial charge in [0.2, 0.25) is 0 Å².